The van der Waals surface area contributed by atoms with Crippen LogP contribution in [0.4, 0.5) is 10.5 Å². The van der Waals surface area contributed by atoms with E-state index in [1.165, 1.54) is 18.2 Å². The van der Waals surface area contributed by atoms with Crippen molar-refractivity contribution in [1.29, 1.82) is 0 Å². The van der Waals surface area contributed by atoms with Crippen molar-refractivity contribution in [3.63, 3.8) is 0 Å². The molecule has 154 valence electrons. The molecule has 1 fully saturated rings. The normalized spacial score (nSPS) is 15.2. The number of nitrogens with zero attached hydrogens (tertiary/aromatic N) is 3. The minimum absolute atomic E-state index is 0.00169. The summed E-state index contributed by atoms with van der Waals surface area (Å²) in [4.78, 5) is 38.6. The predicted octanol–water partition coefficient (Wildman–Crippen LogP) is 3.97. The second-order valence-corrected chi connectivity index (χ2v) is 8.45. The van der Waals surface area contributed by atoms with E-state index in [0.717, 1.165) is 0 Å². The summed E-state index contributed by atoms with van der Waals surface area (Å²) in [6.07, 6.45) is 1.03. The number of nitro benzene ring substituents is 1. The van der Waals surface area contributed by atoms with E-state index in [9.17, 15) is 19.7 Å². The Morgan fingerprint density at radius 2 is 1.93 bits per heavy atom. The van der Waals surface area contributed by atoms with Crippen LogP contribution in [-0.4, -0.2) is 59.0 Å². The SMILES string of the molecule is CN(CC1CCN(C(=O)c2cc(Cl)ccc2[N+](=O)[O-])CC1)C(=O)OC(C)(C)C. The molecule has 0 N–H and O–H groups in total. The van der Waals surface area contributed by atoms with Gasteiger partial charge in [-0.3, -0.25) is 14.9 Å². The summed E-state index contributed by atoms with van der Waals surface area (Å²) in [6.45, 7) is 6.92. The van der Waals surface area contributed by atoms with Crippen LogP contribution in [0.5, 0.6) is 0 Å². The van der Waals surface area contributed by atoms with E-state index < -0.39 is 16.4 Å². The molecule has 0 unspecified atom stereocenters. The van der Waals surface area contributed by atoms with Crippen LogP contribution in [0.25, 0.3) is 0 Å². The van der Waals surface area contributed by atoms with Crippen molar-refractivity contribution in [3.8, 4) is 0 Å². The van der Waals surface area contributed by atoms with Crippen LogP contribution < -0.4 is 0 Å². The van der Waals surface area contributed by atoms with Crippen molar-refractivity contribution < 1.29 is 19.2 Å². The van der Waals surface area contributed by atoms with Gasteiger partial charge in [0.25, 0.3) is 11.6 Å². The largest absolute Gasteiger partial charge is 0.444 e. The fourth-order valence-electron chi connectivity index (χ4n) is 3.13. The number of ether oxygens (including phenoxy) is 1. The predicted molar refractivity (Wildman–Crippen MR) is 106 cm³/mol. The third kappa shape index (κ3) is 5.82. The van der Waals surface area contributed by atoms with Crippen LogP contribution >= 0.6 is 11.6 Å². The van der Waals surface area contributed by atoms with Gasteiger partial charge in [-0.05, 0) is 51.7 Å². The minimum Gasteiger partial charge on any atom is -0.444 e. The number of benzene rings is 1. The van der Waals surface area contributed by atoms with E-state index in [2.05, 4.69) is 0 Å². The van der Waals surface area contributed by atoms with Gasteiger partial charge in [-0.1, -0.05) is 11.6 Å². The molecule has 1 heterocycles. The van der Waals surface area contributed by atoms with Gasteiger partial charge in [-0.25, -0.2) is 4.79 Å². The lowest BCUT2D eigenvalue weighted by atomic mass is 9.95. The second kappa shape index (κ2) is 8.77. The first-order chi connectivity index (χ1) is 13.0. The number of carbonyl (C=O) groups excluding carboxylic acids is 2. The molecule has 28 heavy (non-hydrogen) atoms. The van der Waals surface area contributed by atoms with E-state index >= 15 is 0 Å². The molecule has 1 aromatic rings. The quantitative estimate of drug-likeness (QED) is 0.552. The van der Waals surface area contributed by atoms with Crippen LogP contribution in [-0.2, 0) is 4.74 Å². The third-order valence-corrected chi connectivity index (χ3v) is 4.76. The maximum atomic E-state index is 12.7. The zero-order valence-electron chi connectivity index (χ0n) is 16.6. The van der Waals surface area contributed by atoms with Crippen molar-refractivity contribution in [2.45, 2.75) is 39.2 Å². The summed E-state index contributed by atoms with van der Waals surface area (Å²) >= 11 is 5.92. The standard InChI is InChI=1S/C19H26ClN3O5/c1-19(2,3)28-18(25)21(4)12-13-7-9-22(10-8-13)17(24)15-11-14(20)5-6-16(15)23(26)27/h5-6,11,13H,7-10,12H2,1-4H3. The Hall–Kier alpha value is -2.35. The molecule has 2 amide bonds. The van der Waals surface area contributed by atoms with Gasteiger partial charge in [0.15, 0.2) is 0 Å². The Kier molecular flexibility index (Phi) is 6.87. The highest BCUT2D eigenvalue weighted by Gasteiger charge is 2.30. The first kappa shape index (κ1) is 21.9. The van der Waals surface area contributed by atoms with Crippen molar-refractivity contribution in [3.05, 3.63) is 38.9 Å². The molecule has 1 saturated heterocycles. The number of rotatable bonds is 4. The summed E-state index contributed by atoms with van der Waals surface area (Å²) in [5.74, 6) is -0.163. The number of halogens is 1. The molecular weight excluding hydrogens is 386 g/mol. The molecule has 8 nitrogen and oxygen atoms in total. The van der Waals surface area contributed by atoms with Gasteiger partial charge >= 0.3 is 6.09 Å². The van der Waals surface area contributed by atoms with Crippen LogP contribution in [0.15, 0.2) is 18.2 Å². The van der Waals surface area contributed by atoms with Gasteiger partial charge in [-0.15, -0.1) is 0 Å². The molecule has 0 atom stereocenters. The van der Waals surface area contributed by atoms with E-state index in [-0.39, 0.29) is 28.3 Å². The summed E-state index contributed by atoms with van der Waals surface area (Å²) in [6, 6.07) is 3.98. The molecular formula is C19H26ClN3O5. The molecule has 0 bridgehead atoms. The molecule has 0 spiro atoms. The molecule has 1 aliphatic rings. The molecule has 0 saturated carbocycles. The monoisotopic (exact) mass is 411 g/mol. The van der Waals surface area contributed by atoms with Crippen LogP contribution in [0, 0.1) is 16.0 Å². The summed E-state index contributed by atoms with van der Waals surface area (Å²) in [5.41, 5.74) is -0.796. The molecule has 0 aliphatic carbocycles. The van der Waals surface area contributed by atoms with Crippen LogP contribution in [0.2, 0.25) is 5.02 Å². The lowest BCUT2D eigenvalue weighted by molar-refractivity contribution is -0.385. The summed E-state index contributed by atoms with van der Waals surface area (Å²) in [5, 5.41) is 11.5. The Morgan fingerprint density at radius 3 is 2.46 bits per heavy atom. The Bertz CT molecular complexity index is 754. The van der Waals surface area contributed by atoms with Crippen molar-refractivity contribution in [1.82, 2.24) is 9.80 Å². The average Bonchev–Trinajstić information content (AvgIpc) is 2.60. The average molecular weight is 412 g/mol. The van der Waals surface area contributed by atoms with Gasteiger partial charge in [0.05, 0.1) is 4.92 Å². The minimum atomic E-state index is -0.577. The maximum Gasteiger partial charge on any atom is 0.410 e. The fraction of sp³-hybridized carbons (Fsp3) is 0.579. The molecule has 1 aromatic carbocycles. The number of amides is 2. The molecule has 1 aliphatic heterocycles. The van der Waals surface area contributed by atoms with Gasteiger partial charge in [0.2, 0.25) is 0 Å². The lowest BCUT2D eigenvalue weighted by Crippen LogP contribution is -2.43. The van der Waals surface area contributed by atoms with Crippen molar-refractivity contribution in [2.75, 3.05) is 26.7 Å². The zero-order chi connectivity index (χ0) is 21.1. The number of nitro groups is 1. The number of hydrogen-bond donors (Lipinski definition) is 0. The highest BCUT2D eigenvalue weighted by atomic mass is 35.5. The van der Waals surface area contributed by atoms with Crippen LogP contribution in [0.3, 0.4) is 0 Å². The van der Waals surface area contributed by atoms with E-state index in [1.54, 1.807) is 16.8 Å². The summed E-state index contributed by atoms with van der Waals surface area (Å²) < 4.78 is 5.35. The first-order valence-corrected chi connectivity index (χ1v) is 9.53. The van der Waals surface area contributed by atoms with E-state index in [4.69, 9.17) is 16.3 Å². The topological polar surface area (TPSA) is 93.0 Å². The molecule has 0 aromatic heterocycles. The van der Waals surface area contributed by atoms with E-state index in [0.29, 0.717) is 32.5 Å². The molecule has 9 heteroatoms. The highest BCUT2D eigenvalue weighted by Crippen LogP contribution is 2.27. The van der Waals surface area contributed by atoms with Crippen molar-refractivity contribution >= 4 is 29.3 Å². The van der Waals surface area contributed by atoms with Gasteiger partial charge in [0.1, 0.15) is 11.2 Å². The molecule has 0 radical (unpaired) electrons. The number of likely N-dealkylation sites (tertiary alicyclic amines) is 1. The zero-order valence-corrected chi connectivity index (χ0v) is 17.4. The van der Waals surface area contributed by atoms with Gasteiger partial charge in [-0.2, -0.15) is 0 Å². The van der Waals surface area contributed by atoms with Gasteiger partial charge in [0, 0.05) is 37.8 Å². The fourth-order valence-corrected chi connectivity index (χ4v) is 3.30. The molecule has 2 rings (SSSR count). The van der Waals surface area contributed by atoms with E-state index in [1.807, 2.05) is 20.8 Å². The maximum absolute atomic E-state index is 12.7. The lowest BCUT2D eigenvalue weighted by Gasteiger charge is -2.34. The van der Waals surface area contributed by atoms with Crippen LogP contribution in [0.1, 0.15) is 44.0 Å². The van der Waals surface area contributed by atoms with Gasteiger partial charge < -0.3 is 14.5 Å². The number of piperidine rings is 1. The number of carbonyl (C=O) groups is 2. The van der Waals surface area contributed by atoms with Crippen molar-refractivity contribution in [2.24, 2.45) is 5.92 Å². The number of hydrogen-bond acceptors (Lipinski definition) is 5. The second-order valence-electron chi connectivity index (χ2n) is 8.02. The highest BCUT2D eigenvalue weighted by molar-refractivity contribution is 6.31. The first-order valence-electron chi connectivity index (χ1n) is 9.15. The third-order valence-electron chi connectivity index (χ3n) is 4.52. The smallest absolute Gasteiger partial charge is 0.410 e. The Labute approximate surface area is 169 Å². The Balaban J connectivity index is 1.95. The Morgan fingerprint density at radius 1 is 1.32 bits per heavy atom. The summed E-state index contributed by atoms with van der Waals surface area (Å²) in [7, 11) is 1.70.